The van der Waals surface area contributed by atoms with E-state index in [1.54, 1.807) is 35.6 Å². The summed E-state index contributed by atoms with van der Waals surface area (Å²) in [6.07, 6.45) is 6.24. The number of halogens is 1. The SMILES string of the molecule is CCOc1ccc(C(=O)N(CCCn2ccnc2)c2nc3ccc(C)cc3s2)cc1OCC.Cl. The Hall–Kier alpha value is -3.10. The summed E-state index contributed by atoms with van der Waals surface area (Å²) in [5.74, 6) is 1.10. The molecule has 1 amide bonds. The Morgan fingerprint density at radius 3 is 2.62 bits per heavy atom. The number of hydrogen-bond donors (Lipinski definition) is 0. The molecular formula is C25H29ClN4O3S. The zero-order valence-corrected chi connectivity index (χ0v) is 21.2. The molecule has 0 unspecified atom stereocenters. The number of carbonyl (C=O) groups is 1. The van der Waals surface area contributed by atoms with E-state index in [1.807, 2.05) is 36.7 Å². The molecule has 2 heterocycles. The molecule has 34 heavy (non-hydrogen) atoms. The van der Waals surface area contributed by atoms with Crippen LogP contribution in [0.2, 0.25) is 0 Å². The van der Waals surface area contributed by atoms with Gasteiger partial charge >= 0.3 is 0 Å². The maximum atomic E-state index is 13.7. The average molecular weight is 501 g/mol. The molecule has 2 aromatic carbocycles. The van der Waals surface area contributed by atoms with E-state index in [0.717, 1.165) is 23.2 Å². The number of imidazole rings is 1. The van der Waals surface area contributed by atoms with Crippen LogP contribution in [0.3, 0.4) is 0 Å². The summed E-state index contributed by atoms with van der Waals surface area (Å²) in [6, 6.07) is 11.5. The van der Waals surface area contributed by atoms with E-state index in [1.165, 1.54) is 16.9 Å². The van der Waals surface area contributed by atoms with Crippen molar-refractivity contribution < 1.29 is 14.3 Å². The summed E-state index contributed by atoms with van der Waals surface area (Å²) in [5.41, 5.74) is 2.61. The first kappa shape index (κ1) is 25.5. The van der Waals surface area contributed by atoms with Crippen molar-refractivity contribution in [3.05, 3.63) is 66.2 Å². The molecule has 0 radical (unpaired) electrons. The Kier molecular flexibility index (Phi) is 8.90. The van der Waals surface area contributed by atoms with Crippen LogP contribution in [-0.4, -0.2) is 40.2 Å². The van der Waals surface area contributed by atoms with Gasteiger partial charge in [-0.2, -0.15) is 0 Å². The van der Waals surface area contributed by atoms with Crippen molar-refractivity contribution in [2.24, 2.45) is 0 Å². The lowest BCUT2D eigenvalue weighted by Gasteiger charge is -2.21. The van der Waals surface area contributed by atoms with E-state index in [0.29, 0.717) is 42.0 Å². The molecule has 0 N–H and O–H groups in total. The molecule has 0 aliphatic carbocycles. The van der Waals surface area contributed by atoms with Crippen LogP contribution < -0.4 is 14.4 Å². The number of rotatable bonds is 10. The normalized spacial score (nSPS) is 10.7. The van der Waals surface area contributed by atoms with Gasteiger partial charge in [-0.1, -0.05) is 17.4 Å². The lowest BCUT2D eigenvalue weighted by atomic mass is 10.1. The second-order valence-corrected chi connectivity index (χ2v) is 8.62. The molecule has 9 heteroatoms. The minimum absolute atomic E-state index is 0. The van der Waals surface area contributed by atoms with Crippen LogP contribution in [0, 0.1) is 6.92 Å². The summed E-state index contributed by atoms with van der Waals surface area (Å²) in [6.45, 7) is 8.21. The molecule has 0 aliphatic heterocycles. The largest absolute Gasteiger partial charge is 0.490 e. The molecule has 0 saturated carbocycles. The second-order valence-electron chi connectivity index (χ2n) is 7.61. The first-order valence-corrected chi connectivity index (χ1v) is 11.9. The molecule has 0 fully saturated rings. The van der Waals surface area contributed by atoms with E-state index in [9.17, 15) is 4.79 Å². The van der Waals surface area contributed by atoms with Crippen molar-refractivity contribution in [1.82, 2.24) is 14.5 Å². The third-order valence-electron chi connectivity index (χ3n) is 5.16. The van der Waals surface area contributed by atoms with E-state index in [2.05, 4.69) is 18.0 Å². The number of fused-ring (bicyclic) bond motifs is 1. The van der Waals surface area contributed by atoms with Crippen molar-refractivity contribution >= 4 is 45.0 Å². The van der Waals surface area contributed by atoms with Gasteiger partial charge in [0.2, 0.25) is 0 Å². The molecule has 2 aromatic heterocycles. The van der Waals surface area contributed by atoms with Crippen molar-refractivity contribution in [3.8, 4) is 11.5 Å². The lowest BCUT2D eigenvalue weighted by Crippen LogP contribution is -2.32. The van der Waals surface area contributed by atoms with Crippen LogP contribution in [0.1, 0.15) is 36.2 Å². The molecule has 7 nitrogen and oxygen atoms in total. The van der Waals surface area contributed by atoms with Crippen LogP contribution in [0.25, 0.3) is 10.2 Å². The summed E-state index contributed by atoms with van der Waals surface area (Å²) in [5, 5.41) is 0.693. The van der Waals surface area contributed by atoms with E-state index < -0.39 is 0 Å². The van der Waals surface area contributed by atoms with Gasteiger partial charge < -0.3 is 14.0 Å². The predicted octanol–water partition coefficient (Wildman–Crippen LogP) is 5.76. The monoisotopic (exact) mass is 500 g/mol. The molecule has 4 aromatic rings. The fourth-order valence-corrected chi connectivity index (χ4v) is 4.68. The number of amides is 1. The molecule has 0 atom stereocenters. The predicted molar refractivity (Wildman–Crippen MR) is 139 cm³/mol. The maximum absolute atomic E-state index is 13.7. The number of benzene rings is 2. The molecule has 0 spiro atoms. The average Bonchev–Trinajstić information content (AvgIpc) is 3.47. The zero-order chi connectivity index (χ0) is 23.2. The van der Waals surface area contributed by atoms with Crippen molar-refractivity contribution in [2.75, 3.05) is 24.7 Å². The second kappa shape index (κ2) is 11.9. The highest BCUT2D eigenvalue weighted by molar-refractivity contribution is 7.22. The lowest BCUT2D eigenvalue weighted by molar-refractivity contribution is 0.0985. The van der Waals surface area contributed by atoms with Gasteiger partial charge in [0, 0.05) is 31.0 Å². The minimum atomic E-state index is -0.111. The van der Waals surface area contributed by atoms with Gasteiger partial charge in [0.25, 0.3) is 5.91 Å². The van der Waals surface area contributed by atoms with E-state index in [-0.39, 0.29) is 18.3 Å². The molecule has 4 rings (SSSR count). The number of hydrogen-bond acceptors (Lipinski definition) is 6. The maximum Gasteiger partial charge on any atom is 0.260 e. The van der Waals surface area contributed by atoms with Crippen LogP contribution >= 0.6 is 23.7 Å². The van der Waals surface area contributed by atoms with Gasteiger partial charge in [-0.15, -0.1) is 12.4 Å². The van der Waals surface area contributed by atoms with Gasteiger partial charge in [0.1, 0.15) is 0 Å². The van der Waals surface area contributed by atoms with Gasteiger partial charge in [-0.3, -0.25) is 9.69 Å². The fraction of sp³-hybridized carbons (Fsp3) is 0.320. The third-order valence-corrected chi connectivity index (χ3v) is 6.20. The Morgan fingerprint density at radius 2 is 1.88 bits per heavy atom. The summed E-state index contributed by atoms with van der Waals surface area (Å²) in [7, 11) is 0. The quantitative estimate of drug-likeness (QED) is 0.277. The zero-order valence-electron chi connectivity index (χ0n) is 19.6. The highest BCUT2D eigenvalue weighted by atomic mass is 35.5. The Balaban J connectivity index is 0.00000324. The number of thiazole rings is 1. The summed E-state index contributed by atoms with van der Waals surface area (Å²) >= 11 is 1.54. The smallest absolute Gasteiger partial charge is 0.260 e. The topological polar surface area (TPSA) is 69.5 Å². The molecule has 0 aliphatic rings. The first-order chi connectivity index (χ1) is 16.1. The van der Waals surface area contributed by atoms with Crippen LogP contribution in [0.15, 0.2) is 55.1 Å². The van der Waals surface area contributed by atoms with Gasteiger partial charge in [-0.05, 0) is 63.1 Å². The molecule has 180 valence electrons. The fourth-order valence-electron chi connectivity index (χ4n) is 3.59. The molecular weight excluding hydrogens is 472 g/mol. The molecule has 0 saturated heterocycles. The van der Waals surface area contributed by atoms with Crippen LogP contribution in [0.4, 0.5) is 5.13 Å². The number of anilines is 1. The van der Waals surface area contributed by atoms with Crippen LogP contribution in [-0.2, 0) is 6.54 Å². The highest BCUT2D eigenvalue weighted by Crippen LogP contribution is 2.33. The van der Waals surface area contributed by atoms with E-state index in [4.69, 9.17) is 14.5 Å². The van der Waals surface area contributed by atoms with E-state index >= 15 is 0 Å². The number of ether oxygens (including phenoxy) is 2. The van der Waals surface area contributed by atoms with Crippen molar-refractivity contribution in [1.29, 1.82) is 0 Å². The van der Waals surface area contributed by atoms with Crippen molar-refractivity contribution in [3.63, 3.8) is 0 Å². The minimum Gasteiger partial charge on any atom is -0.490 e. The Morgan fingerprint density at radius 1 is 1.09 bits per heavy atom. The Labute approximate surface area is 209 Å². The Bertz CT molecular complexity index is 1230. The van der Waals surface area contributed by atoms with Crippen LogP contribution in [0.5, 0.6) is 11.5 Å². The number of carbonyl (C=O) groups excluding carboxylic acids is 1. The number of aromatic nitrogens is 3. The number of aryl methyl sites for hydroxylation is 2. The highest BCUT2D eigenvalue weighted by Gasteiger charge is 2.22. The summed E-state index contributed by atoms with van der Waals surface area (Å²) < 4.78 is 14.5. The number of nitrogens with zero attached hydrogens (tertiary/aromatic N) is 4. The van der Waals surface area contributed by atoms with Gasteiger partial charge in [-0.25, -0.2) is 9.97 Å². The van der Waals surface area contributed by atoms with Gasteiger partial charge in [0.05, 0.1) is 29.8 Å². The third kappa shape index (κ3) is 5.87. The standard InChI is InChI=1S/C25H28N4O3S.ClH/c1-4-31-21-10-8-19(16-22(21)32-5-2)24(30)29(13-6-12-28-14-11-26-17-28)25-27-20-9-7-18(3)15-23(20)33-25;/h7-11,14-17H,4-6,12-13H2,1-3H3;1H. The molecule has 0 bridgehead atoms. The van der Waals surface area contributed by atoms with Crippen molar-refractivity contribution in [2.45, 2.75) is 33.7 Å². The summed E-state index contributed by atoms with van der Waals surface area (Å²) in [4.78, 5) is 24.3. The first-order valence-electron chi connectivity index (χ1n) is 11.1. The van der Waals surface area contributed by atoms with Gasteiger partial charge in [0.15, 0.2) is 16.6 Å².